The van der Waals surface area contributed by atoms with E-state index in [1.54, 1.807) is 6.08 Å². The van der Waals surface area contributed by atoms with E-state index in [9.17, 15) is 14.7 Å². The number of thioether (sulfide) groups is 1. The van der Waals surface area contributed by atoms with Gasteiger partial charge in [-0.2, -0.15) is 0 Å². The molecule has 130 valence electrons. The molecule has 0 radical (unpaired) electrons. The number of carboxylic acids is 1. The summed E-state index contributed by atoms with van der Waals surface area (Å²) >= 11 is 6.44. The van der Waals surface area contributed by atoms with Gasteiger partial charge >= 0.3 is 5.97 Å². The zero-order chi connectivity index (χ0) is 18.1. The number of aryl methyl sites for hydroxylation is 1. The second-order valence-corrected chi connectivity index (χ2v) is 7.58. The van der Waals surface area contributed by atoms with Crippen LogP contribution in [0.15, 0.2) is 35.4 Å². The van der Waals surface area contributed by atoms with E-state index in [0.717, 1.165) is 28.2 Å². The Hall–Kier alpha value is -2.12. The summed E-state index contributed by atoms with van der Waals surface area (Å²) < 4.78 is 2.30. The third-order valence-corrected chi connectivity index (χ3v) is 5.53. The predicted molar refractivity (Wildman–Crippen MR) is 104 cm³/mol. The predicted octanol–water partition coefficient (Wildman–Crippen LogP) is 3.63. The number of rotatable bonds is 5. The molecule has 1 aliphatic rings. The number of carbonyl (C=O) groups is 2. The lowest BCUT2D eigenvalue weighted by Gasteiger charge is -2.22. The van der Waals surface area contributed by atoms with E-state index in [0.29, 0.717) is 22.1 Å². The first kappa shape index (κ1) is 17.7. The molecule has 0 spiro atoms. The minimum atomic E-state index is -1.02. The van der Waals surface area contributed by atoms with Gasteiger partial charge in [-0.05, 0) is 18.6 Å². The molecule has 1 aromatic heterocycles. The standard InChI is InChI=1S/C18H18N2O3S2/c1-3-6-14(17(22)23)20-16(21)15(25-18(20)24)9-11-10-19(2)13-8-5-4-7-12(11)13/h4-5,7-10,14H,3,6H2,1-2H3,(H,22,23)/t14-/m0/s1. The van der Waals surface area contributed by atoms with Gasteiger partial charge in [-0.1, -0.05) is 55.5 Å². The summed E-state index contributed by atoms with van der Waals surface area (Å²) in [6.45, 7) is 1.89. The molecule has 0 aliphatic carbocycles. The first-order chi connectivity index (χ1) is 11.9. The third kappa shape index (κ3) is 3.21. The summed E-state index contributed by atoms with van der Waals surface area (Å²) in [4.78, 5) is 26.0. The second-order valence-electron chi connectivity index (χ2n) is 5.91. The molecule has 1 saturated heterocycles. The topological polar surface area (TPSA) is 62.5 Å². The Balaban J connectivity index is 1.98. The summed E-state index contributed by atoms with van der Waals surface area (Å²) in [7, 11) is 1.95. The Bertz CT molecular complexity index is 901. The first-order valence-electron chi connectivity index (χ1n) is 7.98. The van der Waals surface area contributed by atoms with Gasteiger partial charge in [-0.3, -0.25) is 9.69 Å². The molecule has 2 heterocycles. The van der Waals surface area contributed by atoms with Crippen molar-refractivity contribution >= 4 is 57.2 Å². The Kier molecular flexibility index (Phi) is 4.96. The number of aliphatic carboxylic acids is 1. The van der Waals surface area contributed by atoms with Crippen molar-refractivity contribution in [2.75, 3.05) is 0 Å². The van der Waals surface area contributed by atoms with Crippen LogP contribution in [0, 0.1) is 0 Å². The van der Waals surface area contributed by atoms with Gasteiger partial charge in [0.05, 0.1) is 4.91 Å². The summed E-state index contributed by atoms with van der Waals surface area (Å²) in [5, 5.41) is 10.5. The summed E-state index contributed by atoms with van der Waals surface area (Å²) in [5.74, 6) is -1.35. The fraction of sp³-hybridized carbons (Fsp3) is 0.278. The molecular weight excluding hydrogens is 356 g/mol. The van der Waals surface area contributed by atoms with Crippen LogP contribution in [0.3, 0.4) is 0 Å². The van der Waals surface area contributed by atoms with Gasteiger partial charge < -0.3 is 9.67 Å². The van der Waals surface area contributed by atoms with Crippen molar-refractivity contribution in [1.82, 2.24) is 9.47 Å². The lowest BCUT2D eigenvalue weighted by atomic mass is 10.1. The number of fused-ring (bicyclic) bond motifs is 1. The molecule has 1 N–H and O–H groups in total. The number of nitrogens with zero attached hydrogens (tertiary/aromatic N) is 2. The highest BCUT2D eigenvalue weighted by Crippen LogP contribution is 2.36. The van der Waals surface area contributed by atoms with E-state index < -0.39 is 12.0 Å². The number of benzene rings is 1. The van der Waals surface area contributed by atoms with Crippen LogP contribution in [0.2, 0.25) is 0 Å². The average molecular weight is 374 g/mol. The molecule has 1 atom stereocenters. The van der Waals surface area contributed by atoms with Gasteiger partial charge in [0.15, 0.2) is 0 Å². The molecule has 25 heavy (non-hydrogen) atoms. The van der Waals surface area contributed by atoms with Crippen LogP contribution >= 0.6 is 24.0 Å². The van der Waals surface area contributed by atoms with E-state index >= 15 is 0 Å². The number of amides is 1. The van der Waals surface area contributed by atoms with Crippen LogP contribution in [0.5, 0.6) is 0 Å². The maximum atomic E-state index is 12.8. The fourth-order valence-corrected chi connectivity index (χ4v) is 4.36. The van der Waals surface area contributed by atoms with Crippen LogP contribution in [-0.2, 0) is 16.6 Å². The monoisotopic (exact) mass is 374 g/mol. The Morgan fingerprint density at radius 1 is 1.40 bits per heavy atom. The smallest absolute Gasteiger partial charge is 0.326 e. The molecule has 2 aromatic rings. The maximum Gasteiger partial charge on any atom is 0.326 e. The number of hydrogen-bond acceptors (Lipinski definition) is 4. The summed E-state index contributed by atoms with van der Waals surface area (Å²) in [6, 6.07) is 7.02. The SMILES string of the molecule is CCC[C@@H](C(=O)O)N1C(=O)C(=Cc2cn(C)c3ccccc23)SC1=S. The van der Waals surface area contributed by atoms with Crippen LogP contribution in [0.25, 0.3) is 17.0 Å². The lowest BCUT2D eigenvalue weighted by molar-refractivity contribution is -0.145. The van der Waals surface area contributed by atoms with Crippen molar-refractivity contribution in [2.45, 2.75) is 25.8 Å². The largest absolute Gasteiger partial charge is 0.480 e. The zero-order valence-electron chi connectivity index (χ0n) is 13.9. The lowest BCUT2D eigenvalue weighted by Crippen LogP contribution is -2.43. The maximum absolute atomic E-state index is 12.8. The number of hydrogen-bond donors (Lipinski definition) is 1. The van der Waals surface area contributed by atoms with Crippen molar-refractivity contribution in [3.05, 3.63) is 40.9 Å². The Labute approximate surface area is 155 Å². The van der Waals surface area contributed by atoms with Crippen molar-refractivity contribution in [1.29, 1.82) is 0 Å². The average Bonchev–Trinajstić information content (AvgIpc) is 3.03. The van der Waals surface area contributed by atoms with Crippen molar-refractivity contribution in [3.63, 3.8) is 0 Å². The van der Waals surface area contributed by atoms with Crippen LogP contribution < -0.4 is 0 Å². The van der Waals surface area contributed by atoms with Crippen molar-refractivity contribution < 1.29 is 14.7 Å². The van der Waals surface area contributed by atoms with Crippen LogP contribution in [0.4, 0.5) is 0 Å². The van der Waals surface area contributed by atoms with Gasteiger partial charge in [0, 0.05) is 29.7 Å². The van der Waals surface area contributed by atoms with Crippen molar-refractivity contribution in [2.24, 2.45) is 7.05 Å². The molecule has 0 bridgehead atoms. The molecular formula is C18H18N2O3S2. The van der Waals surface area contributed by atoms with Crippen LogP contribution in [0.1, 0.15) is 25.3 Å². The number of carboxylic acid groups (broad SMARTS) is 1. The quantitative estimate of drug-likeness (QED) is 0.640. The minimum absolute atomic E-state index is 0.303. The molecule has 0 saturated carbocycles. The summed E-state index contributed by atoms with van der Waals surface area (Å²) in [5.41, 5.74) is 1.99. The number of aromatic nitrogens is 1. The van der Waals surface area contributed by atoms with Crippen molar-refractivity contribution in [3.8, 4) is 0 Å². The van der Waals surface area contributed by atoms with Gasteiger partial charge in [-0.15, -0.1) is 0 Å². The molecule has 3 rings (SSSR count). The Morgan fingerprint density at radius 2 is 2.12 bits per heavy atom. The minimum Gasteiger partial charge on any atom is -0.480 e. The third-order valence-electron chi connectivity index (χ3n) is 4.20. The zero-order valence-corrected chi connectivity index (χ0v) is 15.6. The summed E-state index contributed by atoms with van der Waals surface area (Å²) in [6.07, 6.45) is 4.80. The highest BCUT2D eigenvalue weighted by molar-refractivity contribution is 8.26. The molecule has 0 unspecified atom stereocenters. The van der Waals surface area contributed by atoms with E-state index in [2.05, 4.69) is 0 Å². The van der Waals surface area contributed by atoms with E-state index in [1.165, 1.54) is 4.90 Å². The van der Waals surface area contributed by atoms with E-state index in [4.69, 9.17) is 12.2 Å². The molecule has 1 aromatic carbocycles. The first-order valence-corrected chi connectivity index (χ1v) is 9.20. The normalized spacial score (nSPS) is 17.7. The van der Waals surface area contributed by atoms with Crippen LogP contribution in [-0.4, -0.2) is 36.8 Å². The highest BCUT2D eigenvalue weighted by atomic mass is 32.2. The number of carbonyl (C=O) groups excluding carboxylic acids is 1. The number of para-hydroxylation sites is 1. The molecule has 7 heteroatoms. The van der Waals surface area contributed by atoms with E-state index in [-0.39, 0.29) is 5.91 Å². The van der Waals surface area contributed by atoms with Gasteiger partial charge in [0.25, 0.3) is 5.91 Å². The van der Waals surface area contributed by atoms with Gasteiger partial charge in [0.2, 0.25) is 0 Å². The molecule has 5 nitrogen and oxygen atoms in total. The highest BCUT2D eigenvalue weighted by Gasteiger charge is 2.40. The van der Waals surface area contributed by atoms with Gasteiger partial charge in [-0.25, -0.2) is 4.79 Å². The Morgan fingerprint density at radius 3 is 2.80 bits per heavy atom. The fourth-order valence-electron chi connectivity index (χ4n) is 3.01. The number of thiocarbonyl (C=S) groups is 1. The van der Waals surface area contributed by atoms with Gasteiger partial charge in [0.1, 0.15) is 10.4 Å². The molecule has 1 amide bonds. The molecule has 1 aliphatic heterocycles. The van der Waals surface area contributed by atoms with E-state index in [1.807, 2.05) is 49.0 Å². The molecule has 1 fully saturated rings. The second kappa shape index (κ2) is 7.01.